The second kappa shape index (κ2) is 4.33. The van der Waals surface area contributed by atoms with Gasteiger partial charge in [0, 0.05) is 31.2 Å². The number of rotatable bonds is 6. The molecule has 0 aromatic carbocycles. The zero-order valence-electron chi connectivity index (χ0n) is 9.38. The van der Waals surface area contributed by atoms with Gasteiger partial charge < -0.3 is 14.6 Å². The molecule has 1 saturated carbocycles. The van der Waals surface area contributed by atoms with Gasteiger partial charge in [-0.05, 0) is 12.8 Å². The lowest BCUT2D eigenvalue weighted by molar-refractivity contribution is 0.199. The van der Waals surface area contributed by atoms with E-state index in [-0.39, 0.29) is 5.41 Å². The van der Waals surface area contributed by atoms with Crippen LogP contribution >= 0.6 is 0 Å². The number of ether oxygens (including phenoxy) is 1. The van der Waals surface area contributed by atoms with Crippen molar-refractivity contribution in [3.63, 3.8) is 0 Å². The van der Waals surface area contributed by atoms with E-state index in [0.717, 1.165) is 25.5 Å². The number of nitrogens with zero attached hydrogens (tertiary/aromatic N) is 1. The average Bonchev–Trinajstić information content (AvgIpc) is 2.81. The van der Waals surface area contributed by atoms with Crippen molar-refractivity contribution < 1.29 is 9.26 Å². The molecule has 1 heterocycles. The van der Waals surface area contributed by atoms with Crippen LogP contribution in [0, 0.1) is 0 Å². The highest BCUT2D eigenvalue weighted by Crippen LogP contribution is 2.48. The monoisotopic (exact) mass is 210 g/mol. The maximum absolute atomic E-state index is 5.33. The van der Waals surface area contributed by atoms with Gasteiger partial charge in [-0.1, -0.05) is 12.1 Å². The SMILES string of the molecule is COCCNCc1cnoc1C1(C)CC1. The van der Waals surface area contributed by atoms with E-state index in [1.165, 1.54) is 18.4 Å². The third-order valence-corrected chi connectivity index (χ3v) is 2.99. The number of methoxy groups -OCH3 is 1. The van der Waals surface area contributed by atoms with Crippen LogP contribution in [0.5, 0.6) is 0 Å². The van der Waals surface area contributed by atoms with E-state index in [9.17, 15) is 0 Å². The summed E-state index contributed by atoms with van der Waals surface area (Å²) in [5.74, 6) is 1.06. The van der Waals surface area contributed by atoms with E-state index < -0.39 is 0 Å². The van der Waals surface area contributed by atoms with Crippen LogP contribution in [0.15, 0.2) is 10.7 Å². The van der Waals surface area contributed by atoms with Gasteiger partial charge in [0.25, 0.3) is 0 Å². The maximum Gasteiger partial charge on any atom is 0.147 e. The van der Waals surface area contributed by atoms with Gasteiger partial charge in [0.1, 0.15) is 5.76 Å². The summed E-state index contributed by atoms with van der Waals surface area (Å²) in [5.41, 5.74) is 1.44. The summed E-state index contributed by atoms with van der Waals surface area (Å²) in [6, 6.07) is 0. The Balaban J connectivity index is 1.88. The van der Waals surface area contributed by atoms with Crippen molar-refractivity contribution in [3.8, 4) is 0 Å². The molecule has 1 N–H and O–H groups in total. The molecule has 1 aliphatic rings. The minimum absolute atomic E-state index is 0.259. The molecule has 0 bridgehead atoms. The zero-order valence-corrected chi connectivity index (χ0v) is 9.38. The second-order valence-corrected chi connectivity index (χ2v) is 4.41. The van der Waals surface area contributed by atoms with Crippen molar-refractivity contribution in [1.29, 1.82) is 0 Å². The summed E-state index contributed by atoms with van der Waals surface area (Å²) in [7, 11) is 1.71. The lowest BCUT2D eigenvalue weighted by Crippen LogP contribution is -2.19. The first kappa shape index (κ1) is 10.6. The molecular weight excluding hydrogens is 192 g/mol. The van der Waals surface area contributed by atoms with Gasteiger partial charge in [-0.15, -0.1) is 0 Å². The Labute approximate surface area is 90.0 Å². The van der Waals surface area contributed by atoms with E-state index in [2.05, 4.69) is 17.4 Å². The Morgan fingerprint density at radius 3 is 3.07 bits per heavy atom. The van der Waals surface area contributed by atoms with Crippen LogP contribution in [0.1, 0.15) is 31.1 Å². The van der Waals surface area contributed by atoms with Crippen molar-refractivity contribution in [2.75, 3.05) is 20.3 Å². The standard InChI is InChI=1S/C11H18N2O2/c1-11(3-4-11)10-9(8-13-15-10)7-12-5-6-14-2/h8,12H,3-7H2,1-2H3. The molecule has 0 amide bonds. The van der Waals surface area contributed by atoms with Crippen LogP contribution in [0.4, 0.5) is 0 Å². The first-order valence-corrected chi connectivity index (χ1v) is 5.40. The fourth-order valence-electron chi connectivity index (χ4n) is 1.70. The van der Waals surface area contributed by atoms with Crippen molar-refractivity contribution in [2.45, 2.75) is 31.7 Å². The van der Waals surface area contributed by atoms with Crippen molar-refractivity contribution in [3.05, 3.63) is 17.5 Å². The molecule has 2 rings (SSSR count). The van der Waals surface area contributed by atoms with Gasteiger partial charge in [-0.2, -0.15) is 0 Å². The zero-order chi connectivity index (χ0) is 10.7. The summed E-state index contributed by atoms with van der Waals surface area (Å²) in [6.07, 6.45) is 4.25. The van der Waals surface area contributed by atoms with Crippen LogP contribution in [0.3, 0.4) is 0 Å². The Bertz CT molecular complexity index is 318. The van der Waals surface area contributed by atoms with Gasteiger partial charge in [-0.3, -0.25) is 0 Å². The van der Waals surface area contributed by atoms with E-state index >= 15 is 0 Å². The summed E-state index contributed by atoms with van der Waals surface area (Å²) in [4.78, 5) is 0. The Kier molecular flexibility index (Phi) is 3.07. The number of nitrogens with one attached hydrogen (secondary N) is 1. The summed E-state index contributed by atoms with van der Waals surface area (Å²) in [5, 5.41) is 7.19. The number of hydrogen-bond acceptors (Lipinski definition) is 4. The predicted octanol–water partition coefficient (Wildman–Crippen LogP) is 1.46. The van der Waals surface area contributed by atoms with Crippen LogP contribution in [0.2, 0.25) is 0 Å². The van der Waals surface area contributed by atoms with Crippen molar-refractivity contribution >= 4 is 0 Å². The van der Waals surface area contributed by atoms with Gasteiger partial charge in [-0.25, -0.2) is 0 Å². The normalized spacial score (nSPS) is 18.0. The summed E-state index contributed by atoms with van der Waals surface area (Å²) < 4.78 is 10.3. The molecule has 1 aromatic rings. The number of hydrogen-bond donors (Lipinski definition) is 1. The number of aromatic nitrogens is 1. The topological polar surface area (TPSA) is 47.3 Å². The van der Waals surface area contributed by atoms with Gasteiger partial charge in [0.15, 0.2) is 0 Å². The lowest BCUT2D eigenvalue weighted by Gasteiger charge is -2.07. The molecule has 1 fully saturated rings. The molecule has 4 heteroatoms. The Hall–Kier alpha value is -0.870. The van der Waals surface area contributed by atoms with E-state index in [4.69, 9.17) is 9.26 Å². The third kappa shape index (κ3) is 2.38. The molecule has 4 nitrogen and oxygen atoms in total. The van der Waals surface area contributed by atoms with E-state index in [1.54, 1.807) is 7.11 Å². The molecule has 84 valence electrons. The fraction of sp³-hybridized carbons (Fsp3) is 0.727. The lowest BCUT2D eigenvalue weighted by atomic mass is 10.0. The average molecular weight is 210 g/mol. The second-order valence-electron chi connectivity index (χ2n) is 4.41. The van der Waals surface area contributed by atoms with Gasteiger partial charge in [0.05, 0.1) is 12.8 Å². The van der Waals surface area contributed by atoms with Crippen LogP contribution in [-0.2, 0) is 16.7 Å². The molecule has 0 spiro atoms. The van der Waals surface area contributed by atoms with Gasteiger partial charge >= 0.3 is 0 Å². The largest absolute Gasteiger partial charge is 0.383 e. The molecular formula is C11H18N2O2. The van der Waals surface area contributed by atoms with E-state index in [0.29, 0.717) is 0 Å². The quantitative estimate of drug-likeness (QED) is 0.722. The first-order chi connectivity index (χ1) is 7.26. The summed E-state index contributed by atoms with van der Waals surface area (Å²) >= 11 is 0. The first-order valence-electron chi connectivity index (χ1n) is 5.40. The van der Waals surface area contributed by atoms with Crippen LogP contribution in [-0.4, -0.2) is 25.4 Å². The van der Waals surface area contributed by atoms with Crippen molar-refractivity contribution in [2.24, 2.45) is 0 Å². The van der Waals surface area contributed by atoms with Crippen molar-refractivity contribution in [1.82, 2.24) is 10.5 Å². The maximum atomic E-state index is 5.33. The molecule has 1 aromatic heterocycles. The minimum atomic E-state index is 0.259. The molecule has 15 heavy (non-hydrogen) atoms. The van der Waals surface area contributed by atoms with Crippen LogP contribution in [0.25, 0.3) is 0 Å². The third-order valence-electron chi connectivity index (χ3n) is 2.99. The Morgan fingerprint density at radius 2 is 2.40 bits per heavy atom. The predicted molar refractivity (Wildman–Crippen MR) is 56.7 cm³/mol. The highest BCUT2D eigenvalue weighted by Gasteiger charge is 2.44. The van der Waals surface area contributed by atoms with Gasteiger partial charge in [0.2, 0.25) is 0 Å². The minimum Gasteiger partial charge on any atom is -0.383 e. The Morgan fingerprint density at radius 1 is 1.60 bits per heavy atom. The highest BCUT2D eigenvalue weighted by molar-refractivity contribution is 5.27. The molecule has 0 unspecified atom stereocenters. The van der Waals surface area contributed by atoms with E-state index in [1.807, 2.05) is 6.20 Å². The fourth-order valence-corrected chi connectivity index (χ4v) is 1.70. The highest BCUT2D eigenvalue weighted by atomic mass is 16.5. The summed E-state index contributed by atoms with van der Waals surface area (Å²) in [6.45, 7) is 4.64. The molecule has 0 aliphatic heterocycles. The molecule has 0 saturated heterocycles. The van der Waals surface area contributed by atoms with Crippen LogP contribution < -0.4 is 5.32 Å². The molecule has 0 atom stereocenters. The molecule has 0 radical (unpaired) electrons. The molecule has 1 aliphatic carbocycles. The smallest absolute Gasteiger partial charge is 0.147 e.